The third kappa shape index (κ3) is 3.44. The number of hydrogen-bond donors (Lipinski definition) is 1. The number of carbonyl (C=O) groups is 1. The smallest absolute Gasteiger partial charge is 0.252 e. The first-order valence-corrected chi connectivity index (χ1v) is 7.17. The van der Waals surface area contributed by atoms with E-state index in [4.69, 9.17) is 11.6 Å². The van der Waals surface area contributed by atoms with Gasteiger partial charge in [-0.2, -0.15) is 0 Å². The van der Waals surface area contributed by atoms with Crippen molar-refractivity contribution in [3.63, 3.8) is 0 Å². The molecule has 0 fully saturated rings. The summed E-state index contributed by atoms with van der Waals surface area (Å²) in [7, 11) is 0. The van der Waals surface area contributed by atoms with Gasteiger partial charge in [0.1, 0.15) is 6.33 Å². The highest BCUT2D eigenvalue weighted by Crippen LogP contribution is 2.17. The van der Waals surface area contributed by atoms with Gasteiger partial charge in [0.2, 0.25) is 0 Å². The maximum atomic E-state index is 12.1. The Bertz CT molecular complexity index is 599. The first-order valence-electron chi connectivity index (χ1n) is 5.71. The van der Waals surface area contributed by atoms with Gasteiger partial charge in [-0.25, -0.2) is 0 Å². The van der Waals surface area contributed by atoms with Crippen molar-refractivity contribution >= 4 is 40.1 Å². The third-order valence-corrected chi connectivity index (χ3v) is 3.75. The van der Waals surface area contributed by atoms with Crippen molar-refractivity contribution in [2.75, 3.05) is 0 Å². The van der Waals surface area contributed by atoms with Gasteiger partial charge >= 0.3 is 0 Å². The Kier molecular flexibility index (Phi) is 4.76. The molecule has 2 aromatic rings. The molecule has 7 heteroatoms. The standard InChI is InChI=1S/C12H12ClIN4O/c1-2-18-7-16-17-11(18)6-15-12(19)9-4-3-8(13)5-10(9)14/h3-5,7H,2,6H2,1H3,(H,15,19). The maximum absolute atomic E-state index is 12.1. The van der Waals surface area contributed by atoms with E-state index in [1.54, 1.807) is 24.5 Å². The van der Waals surface area contributed by atoms with Crippen LogP contribution in [0, 0.1) is 3.57 Å². The monoisotopic (exact) mass is 390 g/mol. The SMILES string of the molecule is CCn1cnnc1CNC(=O)c1ccc(Cl)cc1I. The van der Waals surface area contributed by atoms with Crippen molar-refractivity contribution in [2.24, 2.45) is 0 Å². The molecule has 100 valence electrons. The van der Waals surface area contributed by atoms with Gasteiger partial charge in [0.05, 0.1) is 12.1 Å². The highest BCUT2D eigenvalue weighted by Gasteiger charge is 2.11. The number of halogens is 2. The molecule has 2 rings (SSSR count). The molecule has 0 atom stereocenters. The Balaban J connectivity index is 2.05. The fraction of sp³-hybridized carbons (Fsp3) is 0.250. The lowest BCUT2D eigenvalue weighted by Gasteiger charge is -2.07. The van der Waals surface area contributed by atoms with Crippen LogP contribution in [0.25, 0.3) is 0 Å². The van der Waals surface area contributed by atoms with Crippen molar-refractivity contribution in [1.29, 1.82) is 0 Å². The summed E-state index contributed by atoms with van der Waals surface area (Å²) in [5.41, 5.74) is 0.604. The van der Waals surface area contributed by atoms with Gasteiger partial charge in [-0.05, 0) is 47.7 Å². The van der Waals surface area contributed by atoms with E-state index in [9.17, 15) is 4.79 Å². The number of benzene rings is 1. The van der Waals surface area contributed by atoms with Gasteiger partial charge in [0.15, 0.2) is 5.82 Å². The van der Waals surface area contributed by atoms with Crippen LogP contribution in [0.15, 0.2) is 24.5 Å². The second-order valence-corrected chi connectivity index (χ2v) is 5.44. The molecule has 0 bridgehead atoms. The lowest BCUT2D eigenvalue weighted by molar-refractivity contribution is 0.0948. The summed E-state index contributed by atoms with van der Waals surface area (Å²) in [6.07, 6.45) is 1.65. The molecule has 19 heavy (non-hydrogen) atoms. The van der Waals surface area contributed by atoms with Gasteiger partial charge in [0.25, 0.3) is 5.91 Å². The van der Waals surface area contributed by atoms with Gasteiger partial charge < -0.3 is 9.88 Å². The predicted molar refractivity (Wildman–Crippen MR) is 81.0 cm³/mol. The lowest BCUT2D eigenvalue weighted by Crippen LogP contribution is -2.25. The molecule has 1 N–H and O–H groups in total. The number of nitrogens with zero attached hydrogens (tertiary/aromatic N) is 3. The Morgan fingerprint density at radius 3 is 3.00 bits per heavy atom. The molecule has 0 aliphatic carbocycles. The number of amides is 1. The number of aryl methyl sites for hydroxylation is 1. The first kappa shape index (κ1) is 14.3. The summed E-state index contributed by atoms with van der Waals surface area (Å²) in [6.45, 7) is 3.12. The number of hydrogen-bond acceptors (Lipinski definition) is 3. The Morgan fingerprint density at radius 2 is 2.32 bits per heavy atom. The van der Waals surface area contributed by atoms with E-state index in [0.29, 0.717) is 17.1 Å². The minimum atomic E-state index is -0.147. The molecule has 0 spiro atoms. The topological polar surface area (TPSA) is 59.8 Å². The molecule has 0 aliphatic rings. The third-order valence-electron chi connectivity index (χ3n) is 2.62. The molecule has 1 heterocycles. The number of nitrogens with one attached hydrogen (secondary N) is 1. The van der Waals surface area contributed by atoms with Gasteiger partial charge in [-0.15, -0.1) is 10.2 Å². The Morgan fingerprint density at radius 1 is 1.53 bits per heavy atom. The second-order valence-electron chi connectivity index (χ2n) is 3.84. The predicted octanol–water partition coefficient (Wildman–Crippen LogP) is 2.49. The zero-order valence-corrected chi connectivity index (χ0v) is 13.1. The summed E-state index contributed by atoms with van der Waals surface area (Å²) >= 11 is 7.95. The van der Waals surface area contributed by atoms with Crippen LogP contribution in [0.3, 0.4) is 0 Å². The summed E-state index contributed by atoms with van der Waals surface area (Å²) in [6, 6.07) is 5.17. The van der Waals surface area contributed by atoms with Crippen LogP contribution in [-0.4, -0.2) is 20.7 Å². The van der Waals surface area contributed by atoms with Crippen molar-refractivity contribution in [3.8, 4) is 0 Å². The summed E-state index contributed by atoms with van der Waals surface area (Å²) < 4.78 is 2.70. The molecule has 0 unspecified atom stereocenters. The van der Waals surface area contributed by atoms with Crippen molar-refractivity contribution in [3.05, 3.63) is 44.5 Å². The van der Waals surface area contributed by atoms with Crippen LogP contribution < -0.4 is 5.32 Å². The quantitative estimate of drug-likeness (QED) is 0.816. The molecule has 1 aromatic heterocycles. The van der Waals surface area contributed by atoms with Crippen LogP contribution in [-0.2, 0) is 13.1 Å². The zero-order chi connectivity index (χ0) is 13.8. The van der Waals surface area contributed by atoms with Crippen LogP contribution in [0.4, 0.5) is 0 Å². The normalized spacial score (nSPS) is 10.5. The fourth-order valence-electron chi connectivity index (χ4n) is 1.61. The fourth-order valence-corrected chi connectivity index (χ4v) is 2.72. The summed E-state index contributed by atoms with van der Waals surface area (Å²) in [5.74, 6) is 0.589. The molecule has 0 aliphatic heterocycles. The Hall–Kier alpha value is -1.15. The van der Waals surface area contributed by atoms with Gasteiger partial charge in [-0.3, -0.25) is 4.79 Å². The van der Waals surface area contributed by atoms with Crippen LogP contribution in [0.1, 0.15) is 23.1 Å². The first-order chi connectivity index (χ1) is 9.11. The lowest BCUT2D eigenvalue weighted by atomic mass is 10.2. The largest absolute Gasteiger partial charge is 0.345 e. The van der Waals surface area contributed by atoms with Crippen LogP contribution >= 0.6 is 34.2 Å². The van der Waals surface area contributed by atoms with E-state index in [1.165, 1.54) is 0 Å². The van der Waals surface area contributed by atoms with Crippen molar-refractivity contribution < 1.29 is 4.79 Å². The number of aromatic nitrogens is 3. The molecule has 0 saturated heterocycles. The molecule has 1 aromatic carbocycles. The maximum Gasteiger partial charge on any atom is 0.252 e. The van der Waals surface area contributed by atoms with Crippen LogP contribution in [0.2, 0.25) is 5.02 Å². The van der Waals surface area contributed by atoms with E-state index < -0.39 is 0 Å². The van der Waals surface area contributed by atoms with E-state index >= 15 is 0 Å². The van der Waals surface area contributed by atoms with E-state index in [1.807, 2.05) is 11.5 Å². The highest BCUT2D eigenvalue weighted by atomic mass is 127. The number of carbonyl (C=O) groups excluding carboxylic acids is 1. The summed E-state index contributed by atoms with van der Waals surface area (Å²) in [5, 5.41) is 11.2. The van der Waals surface area contributed by atoms with Crippen molar-refractivity contribution in [1.82, 2.24) is 20.1 Å². The molecular weight excluding hydrogens is 379 g/mol. The van der Waals surface area contributed by atoms with Gasteiger partial charge in [0, 0.05) is 15.1 Å². The van der Waals surface area contributed by atoms with E-state index in [2.05, 4.69) is 38.1 Å². The average molecular weight is 391 g/mol. The molecular formula is C12H12ClIN4O. The van der Waals surface area contributed by atoms with Crippen molar-refractivity contribution in [2.45, 2.75) is 20.0 Å². The minimum Gasteiger partial charge on any atom is -0.345 e. The molecule has 5 nitrogen and oxygen atoms in total. The minimum absolute atomic E-state index is 0.147. The second kappa shape index (κ2) is 6.33. The molecule has 1 amide bonds. The average Bonchev–Trinajstić information content (AvgIpc) is 2.83. The molecule has 0 radical (unpaired) electrons. The van der Waals surface area contributed by atoms with Crippen LogP contribution in [0.5, 0.6) is 0 Å². The zero-order valence-electron chi connectivity index (χ0n) is 10.2. The number of rotatable bonds is 4. The van der Waals surface area contributed by atoms with Gasteiger partial charge in [-0.1, -0.05) is 11.6 Å². The highest BCUT2D eigenvalue weighted by molar-refractivity contribution is 14.1. The van der Waals surface area contributed by atoms with E-state index in [0.717, 1.165) is 15.9 Å². The van der Waals surface area contributed by atoms with E-state index in [-0.39, 0.29) is 5.91 Å². The Labute approximate surface area is 129 Å². The molecule has 0 saturated carbocycles. The summed E-state index contributed by atoms with van der Waals surface area (Å²) in [4.78, 5) is 12.1.